The van der Waals surface area contributed by atoms with E-state index in [0.29, 0.717) is 31.1 Å². The Morgan fingerprint density at radius 2 is 1.74 bits per heavy atom. The molecule has 0 bridgehead atoms. The monoisotopic (exact) mass is 371 g/mol. The summed E-state index contributed by atoms with van der Waals surface area (Å²) >= 11 is 0. The van der Waals surface area contributed by atoms with Crippen LogP contribution in [0.4, 0.5) is 0 Å². The number of aryl methyl sites for hydroxylation is 1. The third kappa shape index (κ3) is 6.51. The number of benzene rings is 2. The van der Waals surface area contributed by atoms with E-state index < -0.39 is 6.10 Å². The van der Waals surface area contributed by atoms with Crippen molar-refractivity contribution in [2.75, 3.05) is 20.3 Å². The fraction of sp³-hybridized carbons (Fsp3) is 0.409. The van der Waals surface area contributed by atoms with Crippen LogP contribution in [0.25, 0.3) is 0 Å². The summed E-state index contributed by atoms with van der Waals surface area (Å²) < 4.78 is 16.6. The maximum atomic E-state index is 12.4. The minimum absolute atomic E-state index is 0.102. The first-order valence-electron chi connectivity index (χ1n) is 9.47. The summed E-state index contributed by atoms with van der Waals surface area (Å²) in [7, 11) is 1.59. The highest BCUT2D eigenvalue weighted by Crippen LogP contribution is 2.27. The number of hydrogen-bond donors (Lipinski definition) is 1. The molecule has 2 aromatic carbocycles. The number of hydrogen-bond acceptors (Lipinski definition) is 4. The Labute approximate surface area is 161 Å². The van der Waals surface area contributed by atoms with Crippen LogP contribution in [-0.4, -0.2) is 32.3 Å². The first-order chi connectivity index (χ1) is 13.2. The first-order valence-corrected chi connectivity index (χ1v) is 9.47. The predicted molar refractivity (Wildman–Crippen MR) is 107 cm³/mol. The van der Waals surface area contributed by atoms with Gasteiger partial charge in [-0.15, -0.1) is 0 Å². The maximum Gasteiger partial charge on any atom is 0.261 e. The Hall–Kier alpha value is -2.69. The SMILES string of the molecule is CCOc1ccc(CCCNC(=O)[C@@H](CC)Oc2ccccc2OC)cc1. The lowest BCUT2D eigenvalue weighted by atomic mass is 10.1. The van der Waals surface area contributed by atoms with Crippen LogP contribution in [0, 0.1) is 0 Å². The highest BCUT2D eigenvalue weighted by Gasteiger charge is 2.19. The van der Waals surface area contributed by atoms with Gasteiger partial charge in [-0.3, -0.25) is 4.79 Å². The second kappa shape index (κ2) is 11.1. The van der Waals surface area contributed by atoms with E-state index in [-0.39, 0.29) is 5.91 Å². The zero-order chi connectivity index (χ0) is 19.5. The molecule has 0 aliphatic rings. The van der Waals surface area contributed by atoms with Crippen LogP contribution in [0.1, 0.15) is 32.3 Å². The molecule has 0 radical (unpaired) electrons. The maximum absolute atomic E-state index is 12.4. The molecule has 27 heavy (non-hydrogen) atoms. The van der Waals surface area contributed by atoms with Crippen molar-refractivity contribution in [2.45, 2.75) is 39.2 Å². The van der Waals surface area contributed by atoms with Crippen molar-refractivity contribution in [1.82, 2.24) is 5.32 Å². The summed E-state index contributed by atoms with van der Waals surface area (Å²) in [6.45, 7) is 5.18. The van der Waals surface area contributed by atoms with Crippen LogP contribution < -0.4 is 19.5 Å². The fourth-order valence-electron chi connectivity index (χ4n) is 2.73. The van der Waals surface area contributed by atoms with Gasteiger partial charge in [0.2, 0.25) is 0 Å². The molecule has 0 unspecified atom stereocenters. The average Bonchev–Trinajstić information content (AvgIpc) is 2.71. The molecule has 0 saturated heterocycles. The van der Waals surface area contributed by atoms with Crippen LogP contribution in [-0.2, 0) is 11.2 Å². The van der Waals surface area contributed by atoms with Gasteiger partial charge in [-0.05, 0) is 56.0 Å². The topological polar surface area (TPSA) is 56.8 Å². The van der Waals surface area contributed by atoms with E-state index >= 15 is 0 Å². The van der Waals surface area contributed by atoms with Crippen molar-refractivity contribution in [3.05, 3.63) is 54.1 Å². The Morgan fingerprint density at radius 1 is 1.04 bits per heavy atom. The first kappa shape index (κ1) is 20.6. The number of carbonyl (C=O) groups excluding carboxylic acids is 1. The number of nitrogens with one attached hydrogen (secondary N) is 1. The summed E-state index contributed by atoms with van der Waals surface area (Å²) in [6, 6.07) is 15.4. The molecule has 0 aromatic heterocycles. The summed E-state index contributed by atoms with van der Waals surface area (Å²) in [6.07, 6.45) is 1.82. The van der Waals surface area contributed by atoms with Gasteiger partial charge in [0, 0.05) is 6.54 Å². The van der Waals surface area contributed by atoms with E-state index in [0.717, 1.165) is 18.6 Å². The molecule has 0 aliphatic heterocycles. The summed E-state index contributed by atoms with van der Waals surface area (Å²) in [4.78, 5) is 12.4. The Morgan fingerprint density at radius 3 is 2.37 bits per heavy atom. The normalized spacial score (nSPS) is 11.5. The largest absolute Gasteiger partial charge is 0.494 e. The van der Waals surface area contributed by atoms with E-state index in [4.69, 9.17) is 14.2 Å². The number of methoxy groups -OCH3 is 1. The van der Waals surface area contributed by atoms with Gasteiger partial charge in [0.25, 0.3) is 5.91 Å². The van der Waals surface area contributed by atoms with Gasteiger partial charge < -0.3 is 19.5 Å². The van der Waals surface area contributed by atoms with Crippen LogP contribution in [0.2, 0.25) is 0 Å². The van der Waals surface area contributed by atoms with Crippen LogP contribution >= 0.6 is 0 Å². The van der Waals surface area contributed by atoms with E-state index in [1.807, 2.05) is 44.2 Å². The van der Waals surface area contributed by atoms with Crippen LogP contribution in [0.5, 0.6) is 17.2 Å². The highest BCUT2D eigenvalue weighted by atomic mass is 16.5. The Kier molecular flexibility index (Phi) is 8.49. The fourth-order valence-corrected chi connectivity index (χ4v) is 2.73. The minimum Gasteiger partial charge on any atom is -0.494 e. The second-order valence-corrected chi connectivity index (χ2v) is 6.14. The molecule has 0 saturated carbocycles. The quantitative estimate of drug-likeness (QED) is 0.607. The number of rotatable bonds is 11. The predicted octanol–water partition coefficient (Wildman–Crippen LogP) is 4.00. The molecule has 2 rings (SSSR count). The van der Waals surface area contributed by atoms with Crippen molar-refractivity contribution in [2.24, 2.45) is 0 Å². The van der Waals surface area contributed by atoms with Gasteiger partial charge in [0.1, 0.15) is 5.75 Å². The molecular weight excluding hydrogens is 342 g/mol. The molecule has 1 N–H and O–H groups in total. The molecule has 5 heteroatoms. The Bertz CT molecular complexity index is 700. The standard InChI is InChI=1S/C22H29NO4/c1-4-19(27-21-11-7-6-10-20(21)25-3)22(24)23-16-8-9-17-12-14-18(15-13-17)26-5-2/h6-7,10-15,19H,4-5,8-9,16H2,1-3H3,(H,23,24)/t19-/m1/s1. The summed E-state index contributed by atoms with van der Waals surface area (Å²) in [5.74, 6) is 1.99. The van der Waals surface area contributed by atoms with Crippen molar-refractivity contribution < 1.29 is 19.0 Å². The number of para-hydroxylation sites is 2. The van der Waals surface area contributed by atoms with Crippen molar-refractivity contribution in [3.63, 3.8) is 0 Å². The third-order valence-corrected chi connectivity index (χ3v) is 4.18. The average molecular weight is 371 g/mol. The molecule has 0 aliphatic carbocycles. The van der Waals surface area contributed by atoms with Gasteiger partial charge in [0.15, 0.2) is 17.6 Å². The molecule has 2 aromatic rings. The number of ether oxygens (including phenoxy) is 3. The van der Waals surface area contributed by atoms with Crippen LogP contribution in [0.15, 0.2) is 48.5 Å². The lowest BCUT2D eigenvalue weighted by Crippen LogP contribution is -2.38. The van der Waals surface area contributed by atoms with Crippen molar-refractivity contribution >= 4 is 5.91 Å². The van der Waals surface area contributed by atoms with E-state index in [2.05, 4.69) is 17.4 Å². The zero-order valence-electron chi connectivity index (χ0n) is 16.4. The third-order valence-electron chi connectivity index (χ3n) is 4.18. The molecule has 146 valence electrons. The van der Waals surface area contributed by atoms with Gasteiger partial charge in [0.05, 0.1) is 13.7 Å². The second-order valence-electron chi connectivity index (χ2n) is 6.14. The van der Waals surface area contributed by atoms with Gasteiger partial charge >= 0.3 is 0 Å². The number of carbonyl (C=O) groups is 1. The van der Waals surface area contributed by atoms with Gasteiger partial charge in [-0.2, -0.15) is 0 Å². The molecule has 1 atom stereocenters. The molecule has 0 heterocycles. The van der Waals surface area contributed by atoms with Gasteiger partial charge in [-0.1, -0.05) is 31.2 Å². The molecule has 1 amide bonds. The van der Waals surface area contributed by atoms with E-state index in [1.165, 1.54) is 5.56 Å². The van der Waals surface area contributed by atoms with Crippen LogP contribution in [0.3, 0.4) is 0 Å². The number of amides is 1. The molecule has 5 nitrogen and oxygen atoms in total. The van der Waals surface area contributed by atoms with Crippen molar-refractivity contribution in [1.29, 1.82) is 0 Å². The summed E-state index contributed by atoms with van der Waals surface area (Å²) in [5, 5.41) is 2.96. The lowest BCUT2D eigenvalue weighted by Gasteiger charge is -2.18. The summed E-state index contributed by atoms with van der Waals surface area (Å²) in [5.41, 5.74) is 1.23. The molecule has 0 spiro atoms. The zero-order valence-corrected chi connectivity index (χ0v) is 16.4. The minimum atomic E-state index is -0.535. The lowest BCUT2D eigenvalue weighted by molar-refractivity contribution is -0.128. The van der Waals surface area contributed by atoms with Gasteiger partial charge in [-0.25, -0.2) is 0 Å². The molecular formula is C22H29NO4. The highest BCUT2D eigenvalue weighted by molar-refractivity contribution is 5.81. The van der Waals surface area contributed by atoms with E-state index in [1.54, 1.807) is 13.2 Å². The Balaban J connectivity index is 1.77. The van der Waals surface area contributed by atoms with E-state index in [9.17, 15) is 4.79 Å². The van der Waals surface area contributed by atoms with Crippen molar-refractivity contribution in [3.8, 4) is 17.2 Å². The molecule has 0 fully saturated rings. The smallest absolute Gasteiger partial charge is 0.261 e.